The van der Waals surface area contributed by atoms with E-state index in [4.69, 9.17) is 5.73 Å². The van der Waals surface area contributed by atoms with E-state index in [1.807, 2.05) is 13.8 Å². The Hall–Kier alpha value is -0.570. The minimum absolute atomic E-state index is 0.0294. The minimum atomic E-state index is -0.122. The van der Waals surface area contributed by atoms with E-state index in [2.05, 4.69) is 5.32 Å². The zero-order valence-corrected chi connectivity index (χ0v) is 11.0. The van der Waals surface area contributed by atoms with Crippen molar-refractivity contribution < 1.29 is 4.79 Å². The summed E-state index contributed by atoms with van der Waals surface area (Å²) in [5.74, 6) is 1.69. The van der Waals surface area contributed by atoms with Gasteiger partial charge in [-0.1, -0.05) is 0 Å². The molecule has 0 spiro atoms. The van der Waals surface area contributed by atoms with Crippen molar-refractivity contribution in [2.24, 2.45) is 23.0 Å². The van der Waals surface area contributed by atoms with Gasteiger partial charge in [0.15, 0.2) is 0 Å². The van der Waals surface area contributed by atoms with Crippen LogP contribution in [0.4, 0.5) is 0 Å². The molecule has 4 bridgehead atoms. The number of carbonyl (C=O) groups excluding carboxylic acids is 1. The van der Waals surface area contributed by atoms with Gasteiger partial charge in [0.2, 0.25) is 5.91 Å². The largest absolute Gasteiger partial charge is 0.353 e. The smallest absolute Gasteiger partial charge is 0.226 e. The Bertz CT molecular complexity index is 336. The summed E-state index contributed by atoms with van der Waals surface area (Å²) in [6.45, 7) is 4.08. The highest BCUT2D eigenvalue weighted by molar-refractivity contribution is 5.83. The van der Waals surface area contributed by atoms with Crippen LogP contribution in [0.1, 0.15) is 52.4 Å². The van der Waals surface area contributed by atoms with Gasteiger partial charge in [0, 0.05) is 11.6 Å². The predicted octanol–water partition coefficient (Wildman–Crippen LogP) is 1.81. The molecule has 17 heavy (non-hydrogen) atoms. The summed E-state index contributed by atoms with van der Waals surface area (Å²) in [7, 11) is 0. The van der Waals surface area contributed by atoms with Crippen molar-refractivity contribution in [2.45, 2.75) is 64.0 Å². The molecule has 0 saturated heterocycles. The molecule has 4 aliphatic rings. The molecule has 4 fully saturated rings. The Kier molecular flexibility index (Phi) is 2.35. The molecular weight excluding hydrogens is 212 g/mol. The van der Waals surface area contributed by atoms with Crippen molar-refractivity contribution in [3.05, 3.63) is 0 Å². The first-order valence-corrected chi connectivity index (χ1v) is 7.01. The quantitative estimate of drug-likeness (QED) is 0.768. The Morgan fingerprint density at radius 1 is 1.24 bits per heavy atom. The highest BCUT2D eigenvalue weighted by Crippen LogP contribution is 2.60. The van der Waals surface area contributed by atoms with Gasteiger partial charge >= 0.3 is 0 Å². The van der Waals surface area contributed by atoms with Crippen molar-refractivity contribution in [2.75, 3.05) is 0 Å². The van der Waals surface area contributed by atoms with Crippen molar-refractivity contribution in [3.8, 4) is 0 Å². The Morgan fingerprint density at radius 2 is 1.82 bits per heavy atom. The van der Waals surface area contributed by atoms with Crippen LogP contribution < -0.4 is 11.1 Å². The van der Waals surface area contributed by atoms with E-state index in [0.29, 0.717) is 11.8 Å². The maximum atomic E-state index is 12.5. The minimum Gasteiger partial charge on any atom is -0.353 e. The fraction of sp³-hybridized carbons (Fsp3) is 0.929. The summed E-state index contributed by atoms with van der Waals surface area (Å²) < 4.78 is 0. The van der Waals surface area contributed by atoms with Gasteiger partial charge in [-0.2, -0.15) is 0 Å². The summed E-state index contributed by atoms with van der Waals surface area (Å²) in [6.07, 6.45) is 6.71. The number of amides is 1. The van der Waals surface area contributed by atoms with Gasteiger partial charge in [0.25, 0.3) is 0 Å². The SMILES string of the molecule is CC(C)NC(=O)C12CC3CC(CC(N)(C3)C1)C2. The molecule has 0 radical (unpaired) electrons. The maximum absolute atomic E-state index is 12.5. The third-order valence-corrected chi connectivity index (χ3v) is 5.01. The molecule has 3 N–H and O–H groups in total. The summed E-state index contributed by atoms with van der Waals surface area (Å²) in [6, 6.07) is 0.240. The van der Waals surface area contributed by atoms with E-state index in [1.54, 1.807) is 0 Å². The molecule has 3 nitrogen and oxygen atoms in total. The molecule has 2 atom stereocenters. The average molecular weight is 236 g/mol. The van der Waals surface area contributed by atoms with Crippen LogP contribution >= 0.6 is 0 Å². The van der Waals surface area contributed by atoms with Gasteiger partial charge in [0.05, 0.1) is 5.41 Å². The number of rotatable bonds is 2. The van der Waals surface area contributed by atoms with Gasteiger partial charge in [-0.3, -0.25) is 4.79 Å². The normalized spacial score (nSPS) is 47.5. The van der Waals surface area contributed by atoms with Gasteiger partial charge in [-0.15, -0.1) is 0 Å². The summed E-state index contributed by atoms with van der Waals surface area (Å²) in [5, 5.41) is 3.12. The van der Waals surface area contributed by atoms with E-state index in [-0.39, 0.29) is 22.9 Å². The van der Waals surface area contributed by atoms with Crippen LogP contribution in [0, 0.1) is 17.3 Å². The van der Waals surface area contributed by atoms with E-state index >= 15 is 0 Å². The lowest BCUT2D eigenvalue weighted by molar-refractivity contribution is -0.148. The van der Waals surface area contributed by atoms with Gasteiger partial charge in [-0.05, 0) is 64.2 Å². The first-order valence-electron chi connectivity index (χ1n) is 7.01. The molecule has 0 aromatic carbocycles. The highest BCUT2D eigenvalue weighted by Gasteiger charge is 2.59. The zero-order valence-electron chi connectivity index (χ0n) is 11.0. The van der Waals surface area contributed by atoms with Crippen LogP contribution in [0.2, 0.25) is 0 Å². The third kappa shape index (κ3) is 1.79. The Balaban J connectivity index is 1.85. The van der Waals surface area contributed by atoms with Crippen LogP contribution in [-0.2, 0) is 4.79 Å². The monoisotopic (exact) mass is 236 g/mol. The lowest BCUT2D eigenvalue weighted by atomic mass is 9.47. The van der Waals surface area contributed by atoms with Gasteiger partial charge < -0.3 is 11.1 Å². The lowest BCUT2D eigenvalue weighted by Gasteiger charge is -2.60. The van der Waals surface area contributed by atoms with Gasteiger partial charge in [-0.25, -0.2) is 0 Å². The number of nitrogens with one attached hydrogen (secondary N) is 1. The third-order valence-electron chi connectivity index (χ3n) is 5.01. The second-order valence-electron chi connectivity index (χ2n) is 7.23. The maximum Gasteiger partial charge on any atom is 0.226 e. The number of nitrogens with two attached hydrogens (primary N) is 1. The Morgan fingerprint density at radius 3 is 2.29 bits per heavy atom. The fourth-order valence-electron chi connectivity index (χ4n) is 5.01. The highest BCUT2D eigenvalue weighted by atomic mass is 16.2. The van der Waals surface area contributed by atoms with Crippen LogP contribution in [0.5, 0.6) is 0 Å². The molecule has 96 valence electrons. The van der Waals surface area contributed by atoms with E-state index in [0.717, 1.165) is 32.1 Å². The van der Waals surface area contributed by atoms with Crippen LogP contribution in [-0.4, -0.2) is 17.5 Å². The molecule has 0 heterocycles. The molecule has 4 rings (SSSR count). The lowest BCUT2D eigenvalue weighted by Crippen LogP contribution is -2.64. The Labute approximate surface area is 104 Å². The van der Waals surface area contributed by atoms with E-state index in [9.17, 15) is 4.79 Å². The molecule has 2 unspecified atom stereocenters. The van der Waals surface area contributed by atoms with Crippen molar-refractivity contribution in [1.29, 1.82) is 0 Å². The molecule has 0 aromatic heterocycles. The first-order chi connectivity index (χ1) is 7.91. The number of hydrogen-bond acceptors (Lipinski definition) is 2. The molecular formula is C14H24N2O. The topological polar surface area (TPSA) is 55.1 Å². The zero-order chi connectivity index (χ0) is 12.3. The molecule has 0 aliphatic heterocycles. The van der Waals surface area contributed by atoms with E-state index < -0.39 is 0 Å². The predicted molar refractivity (Wildman–Crippen MR) is 67.3 cm³/mol. The van der Waals surface area contributed by atoms with E-state index in [1.165, 1.54) is 6.42 Å². The van der Waals surface area contributed by atoms with Gasteiger partial charge in [0.1, 0.15) is 0 Å². The van der Waals surface area contributed by atoms with Crippen molar-refractivity contribution >= 4 is 5.91 Å². The van der Waals surface area contributed by atoms with Crippen molar-refractivity contribution in [3.63, 3.8) is 0 Å². The summed E-state index contributed by atoms with van der Waals surface area (Å²) in [4.78, 5) is 12.5. The number of carbonyl (C=O) groups is 1. The molecule has 1 amide bonds. The second kappa shape index (κ2) is 3.47. The average Bonchev–Trinajstić information content (AvgIpc) is 2.11. The summed E-state index contributed by atoms with van der Waals surface area (Å²) in [5.41, 5.74) is 6.34. The molecule has 4 saturated carbocycles. The second-order valence-corrected chi connectivity index (χ2v) is 7.23. The number of hydrogen-bond donors (Lipinski definition) is 2. The van der Waals surface area contributed by atoms with Crippen LogP contribution in [0.3, 0.4) is 0 Å². The molecule has 0 aromatic rings. The molecule has 4 aliphatic carbocycles. The van der Waals surface area contributed by atoms with Crippen LogP contribution in [0.15, 0.2) is 0 Å². The first kappa shape index (κ1) is 11.5. The van der Waals surface area contributed by atoms with Crippen LogP contribution in [0.25, 0.3) is 0 Å². The van der Waals surface area contributed by atoms with Crippen molar-refractivity contribution in [1.82, 2.24) is 5.32 Å². The molecule has 3 heteroatoms. The fourth-order valence-corrected chi connectivity index (χ4v) is 5.01. The standard InChI is InChI=1S/C14H24N2O/c1-9(2)16-12(17)13-4-10-3-11(5-13)7-14(15,6-10)8-13/h9-11H,3-8,15H2,1-2H3,(H,16,17). The summed E-state index contributed by atoms with van der Waals surface area (Å²) >= 11 is 0.